The zero-order valence-corrected chi connectivity index (χ0v) is 9.85. The van der Waals surface area contributed by atoms with Crippen molar-refractivity contribution in [3.63, 3.8) is 0 Å². The minimum absolute atomic E-state index is 0.149. The Balaban J connectivity index is 2.09. The molecule has 1 aliphatic rings. The van der Waals surface area contributed by atoms with E-state index in [2.05, 4.69) is 15.0 Å². The van der Waals surface area contributed by atoms with E-state index < -0.39 is 5.91 Å². The number of carbonyl (C=O) groups is 1. The number of nitrogens with one attached hydrogen (secondary N) is 1. The normalized spacial score (nSPS) is 20.1. The smallest absolute Gasteiger partial charge is 0.269 e. The zero-order valence-electron chi connectivity index (χ0n) is 9.85. The van der Waals surface area contributed by atoms with Gasteiger partial charge >= 0.3 is 0 Å². The molecule has 0 bridgehead atoms. The number of hydrogen-bond donors (Lipinski definition) is 2. The highest BCUT2D eigenvalue weighted by atomic mass is 16.5. The van der Waals surface area contributed by atoms with E-state index in [0.29, 0.717) is 17.9 Å². The molecule has 3 rings (SSSR count). The number of aromatic nitrogens is 3. The maximum atomic E-state index is 11.4. The van der Waals surface area contributed by atoms with Crippen LogP contribution in [0.1, 0.15) is 35.1 Å². The predicted molar refractivity (Wildman–Crippen MR) is 65.2 cm³/mol. The fraction of sp³-hybridized carbons (Fsp3) is 0.417. The van der Waals surface area contributed by atoms with Crippen molar-refractivity contribution in [1.29, 1.82) is 0 Å². The Morgan fingerprint density at radius 1 is 1.50 bits per heavy atom. The van der Waals surface area contributed by atoms with Gasteiger partial charge in [-0.05, 0) is 18.9 Å². The average molecular weight is 246 g/mol. The highest BCUT2D eigenvalue weighted by Gasteiger charge is 2.22. The first kappa shape index (κ1) is 11.2. The molecule has 1 fully saturated rings. The Bertz CT molecular complexity index is 587. The molecule has 1 aliphatic heterocycles. The van der Waals surface area contributed by atoms with Crippen LogP contribution in [0.3, 0.4) is 0 Å². The Hall–Kier alpha value is -1.95. The number of hydrogen-bond acceptors (Lipinski definition) is 4. The summed E-state index contributed by atoms with van der Waals surface area (Å²) < 4.78 is 5.43. The summed E-state index contributed by atoms with van der Waals surface area (Å²) in [5.74, 6) is 0.259. The Morgan fingerprint density at radius 3 is 3.11 bits per heavy atom. The van der Waals surface area contributed by atoms with Gasteiger partial charge in [0.1, 0.15) is 5.82 Å². The number of rotatable bonds is 2. The second-order valence-electron chi connectivity index (χ2n) is 4.45. The van der Waals surface area contributed by atoms with Gasteiger partial charge in [0.05, 0.1) is 17.6 Å². The van der Waals surface area contributed by atoms with Crippen molar-refractivity contribution < 1.29 is 9.53 Å². The van der Waals surface area contributed by atoms with E-state index in [0.717, 1.165) is 25.0 Å². The molecule has 94 valence electrons. The second kappa shape index (κ2) is 4.38. The number of H-pyrrole nitrogens is 1. The molecule has 0 saturated carbocycles. The number of amides is 1. The van der Waals surface area contributed by atoms with Gasteiger partial charge in [-0.15, -0.1) is 0 Å². The number of ether oxygens (including phenoxy) is 1. The molecule has 0 radical (unpaired) electrons. The Morgan fingerprint density at radius 2 is 2.39 bits per heavy atom. The first-order valence-corrected chi connectivity index (χ1v) is 5.98. The molecule has 0 spiro atoms. The lowest BCUT2D eigenvalue weighted by molar-refractivity contribution is 0.0779. The van der Waals surface area contributed by atoms with Crippen LogP contribution in [0, 0.1) is 0 Å². The second-order valence-corrected chi connectivity index (χ2v) is 4.45. The lowest BCUT2D eigenvalue weighted by Crippen LogP contribution is -2.21. The first-order valence-electron chi connectivity index (χ1n) is 5.98. The van der Waals surface area contributed by atoms with E-state index in [1.54, 1.807) is 6.20 Å². The molecular formula is C12H14N4O2. The quantitative estimate of drug-likeness (QED) is 0.824. The third-order valence-electron chi connectivity index (χ3n) is 3.18. The summed E-state index contributed by atoms with van der Waals surface area (Å²) in [5.41, 5.74) is 6.93. The van der Waals surface area contributed by atoms with Crippen molar-refractivity contribution in [3.05, 3.63) is 23.8 Å². The van der Waals surface area contributed by atoms with Crippen LogP contribution >= 0.6 is 0 Å². The molecule has 1 atom stereocenters. The summed E-state index contributed by atoms with van der Waals surface area (Å²) >= 11 is 0. The first-order chi connectivity index (χ1) is 8.75. The average Bonchev–Trinajstić information content (AvgIpc) is 2.86. The third kappa shape index (κ3) is 1.84. The van der Waals surface area contributed by atoms with Crippen LogP contribution in [0.2, 0.25) is 0 Å². The van der Waals surface area contributed by atoms with E-state index in [-0.39, 0.29) is 11.6 Å². The topological polar surface area (TPSA) is 93.9 Å². The summed E-state index contributed by atoms with van der Waals surface area (Å²) in [4.78, 5) is 23.1. The van der Waals surface area contributed by atoms with E-state index in [9.17, 15) is 4.79 Å². The van der Waals surface area contributed by atoms with Crippen LogP contribution in [0.25, 0.3) is 11.0 Å². The molecule has 2 aromatic heterocycles. The monoisotopic (exact) mass is 246 g/mol. The molecule has 6 heteroatoms. The van der Waals surface area contributed by atoms with Crippen LogP contribution in [-0.4, -0.2) is 34.1 Å². The summed E-state index contributed by atoms with van der Waals surface area (Å²) in [6, 6.07) is 1.82. The van der Waals surface area contributed by atoms with E-state index in [1.165, 1.54) is 0 Å². The zero-order chi connectivity index (χ0) is 12.5. The molecule has 0 aliphatic carbocycles. The van der Waals surface area contributed by atoms with Crippen LogP contribution in [-0.2, 0) is 4.74 Å². The lowest BCUT2D eigenvalue weighted by Gasteiger charge is -2.20. The van der Waals surface area contributed by atoms with Gasteiger partial charge in [0.15, 0.2) is 5.69 Å². The molecule has 3 heterocycles. The van der Waals surface area contributed by atoms with Crippen LogP contribution in [0.5, 0.6) is 0 Å². The highest BCUT2D eigenvalue weighted by molar-refractivity contribution is 6.01. The van der Waals surface area contributed by atoms with Gasteiger partial charge in [-0.2, -0.15) is 0 Å². The van der Waals surface area contributed by atoms with Crippen molar-refractivity contribution in [1.82, 2.24) is 15.0 Å². The molecule has 18 heavy (non-hydrogen) atoms. The summed E-state index contributed by atoms with van der Waals surface area (Å²) in [5, 5.41) is 0. The fourth-order valence-corrected chi connectivity index (χ4v) is 2.27. The maximum absolute atomic E-state index is 11.4. The summed E-state index contributed by atoms with van der Waals surface area (Å²) in [6.07, 6.45) is 3.70. The number of fused-ring (bicyclic) bond motifs is 1. The van der Waals surface area contributed by atoms with Gasteiger partial charge < -0.3 is 15.5 Å². The van der Waals surface area contributed by atoms with Crippen LogP contribution in [0.15, 0.2) is 12.3 Å². The number of carbonyl (C=O) groups excluding carboxylic acids is 1. The van der Waals surface area contributed by atoms with Crippen molar-refractivity contribution in [2.75, 3.05) is 13.2 Å². The van der Waals surface area contributed by atoms with E-state index in [4.69, 9.17) is 10.5 Å². The number of aromatic amines is 1. The fourth-order valence-electron chi connectivity index (χ4n) is 2.27. The predicted octanol–water partition coefficient (Wildman–Crippen LogP) is 0.951. The molecule has 3 N–H and O–H groups in total. The maximum Gasteiger partial charge on any atom is 0.269 e. The van der Waals surface area contributed by atoms with E-state index in [1.807, 2.05) is 6.07 Å². The highest BCUT2D eigenvalue weighted by Crippen LogP contribution is 2.25. The van der Waals surface area contributed by atoms with E-state index >= 15 is 0 Å². The summed E-state index contributed by atoms with van der Waals surface area (Å²) in [6.45, 7) is 1.39. The largest absolute Gasteiger partial charge is 0.381 e. The van der Waals surface area contributed by atoms with Crippen LogP contribution < -0.4 is 5.73 Å². The number of nitrogens with two attached hydrogens (primary N) is 1. The van der Waals surface area contributed by atoms with Gasteiger partial charge in [-0.25, -0.2) is 9.97 Å². The Labute approximate surface area is 104 Å². The molecule has 1 unspecified atom stereocenters. The SMILES string of the molecule is NC(=O)c1nc(C2CCCOC2)nc2cc[nH]c12. The molecule has 2 aromatic rings. The van der Waals surface area contributed by atoms with Gasteiger partial charge in [-0.1, -0.05) is 0 Å². The Kier molecular flexibility index (Phi) is 2.71. The van der Waals surface area contributed by atoms with Gasteiger partial charge in [0.2, 0.25) is 0 Å². The summed E-state index contributed by atoms with van der Waals surface area (Å²) in [7, 11) is 0. The van der Waals surface area contributed by atoms with Gasteiger partial charge in [0.25, 0.3) is 5.91 Å². The molecule has 6 nitrogen and oxygen atoms in total. The molecule has 1 amide bonds. The van der Waals surface area contributed by atoms with Gasteiger partial charge in [-0.3, -0.25) is 4.79 Å². The third-order valence-corrected chi connectivity index (χ3v) is 3.18. The molecule has 1 saturated heterocycles. The lowest BCUT2D eigenvalue weighted by atomic mass is 10.0. The number of nitrogens with zero attached hydrogens (tertiary/aromatic N) is 2. The minimum Gasteiger partial charge on any atom is -0.381 e. The number of primary amides is 1. The standard InChI is InChI=1S/C12H14N4O2/c13-11(17)10-9-8(3-4-14-9)15-12(16-10)7-2-1-5-18-6-7/h3-4,7,14H,1-2,5-6H2,(H2,13,17). The van der Waals surface area contributed by atoms with Crippen molar-refractivity contribution in [3.8, 4) is 0 Å². The van der Waals surface area contributed by atoms with Gasteiger partial charge in [0, 0.05) is 18.7 Å². The molecule has 0 aromatic carbocycles. The van der Waals surface area contributed by atoms with Crippen molar-refractivity contribution in [2.24, 2.45) is 5.73 Å². The minimum atomic E-state index is -0.539. The van der Waals surface area contributed by atoms with Crippen molar-refractivity contribution >= 4 is 16.9 Å². The van der Waals surface area contributed by atoms with Crippen molar-refractivity contribution in [2.45, 2.75) is 18.8 Å². The molecular weight excluding hydrogens is 232 g/mol. The van der Waals surface area contributed by atoms with Crippen LogP contribution in [0.4, 0.5) is 0 Å².